The fourth-order valence-corrected chi connectivity index (χ4v) is 4.20. The summed E-state index contributed by atoms with van der Waals surface area (Å²) in [7, 11) is -3.94. The minimum Gasteiger partial charge on any atom is -0.505 e. The summed E-state index contributed by atoms with van der Waals surface area (Å²) in [6.45, 7) is 3.21. The summed E-state index contributed by atoms with van der Waals surface area (Å²) in [5.74, 6) is -0.580. The van der Waals surface area contributed by atoms with Gasteiger partial charge in [-0.1, -0.05) is 17.3 Å². The predicted molar refractivity (Wildman–Crippen MR) is 85.4 cm³/mol. The summed E-state index contributed by atoms with van der Waals surface area (Å²) >= 11 is 0. The van der Waals surface area contributed by atoms with E-state index >= 15 is 0 Å². The molecule has 0 fully saturated rings. The number of hydrogen-bond donors (Lipinski definition) is 2. The number of aliphatic hydroxyl groups is 1. The van der Waals surface area contributed by atoms with Crippen molar-refractivity contribution in [3.8, 4) is 0 Å². The summed E-state index contributed by atoms with van der Waals surface area (Å²) in [5, 5.41) is 16.5. The van der Waals surface area contributed by atoms with E-state index in [9.17, 15) is 18.3 Å². The summed E-state index contributed by atoms with van der Waals surface area (Å²) in [5.41, 5.74) is -0.263. The molecule has 0 saturated carbocycles. The van der Waals surface area contributed by atoms with E-state index in [1.165, 1.54) is 18.2 Å². The van der Waals surface area contributed by atoms with Crippen molar-refractivity contribution in [3.05, 3.63) is 47.4 Å². The molecular weight excluding hydrogens is 334 g/mol. The molecule has 3 rings (SSSR count). The number of benzene rings is 1. The number of aryl methyl sites for hydroxylation is 1. The number of amides is 1. The Morgan fingerprint density at radius 2 is 2.08 bits per heavy atom. The highest BCUT2D eigenvalue weighted by molar-refractivity contribution is 7.89. The molecule has 2 N–H and O–H groups in total. The van der Waals surface area contributed by atoms with E-state index in [2.05, 4.69) is 10.5 Å². The first-order chi connectivity index (χ1) is 11.4. The number of aromatic nitrogens is 1. The van der Waals surface area contributed by atoms with E-state index in [-0.39, 0.29) is 28.5 Å². The summed E-state index contributed by atoms with van der Waals surface area (Å²) in [6, 6.07) is 7.46. The molecule has 126 valence electrons. The number of fused-ring (bicyclic) bond motifs is 1. The molecule has 0 atom stereocenters. The molecule has 1 aliphatic rings. The lowest BCUT2D eigenvalue weighted by atomic mass is 10.1. The zero-order chi connectivity index (χ0) is 17.5. The molecule has 1 amide bonds. The van der Waals surface area contributed by atoms with Gasteiger partial charge >= 0.3 is 0 Å². The molecule has 2 heterocycles. The van der Waals surface area contributed by atoms with Gasteiger partial charge in [0.1, 0.15) is 5.76 Å². The van der Waals surface area contributed by atoms with Crippen molar-refractivity contribution in [1.82, 2.24) is 9.46 Å². The minimum atomic E-state index is -3.94. The van der Waals surface area contributed by atoms with E-state index in [1.54, 1.807) is 26.0 Å². The third-order valence-electron chi connectivity index (χ3n) is 3.56. The van der Waals surface area contributed by atoms with E-state index in [0.717, 1.165) is 4.31 Å². The summed E-state index contributed by atoms with van der Waals surface area (Å²) < 4.78 is 31.2. The Hall–Kier alpha value is -2.81. The second-order valence-corrected chi connectivity index (χ2v) is 6.97. The zero-order valence-electron chi connectivity index (χ0n) is 13.0. The first kappa shape index (κ1) is 16.1. The third kappa shape index (κ3) is 2.42. The molecule has 1 aromatic heterocycles. The smallest absolute Gasteiger partial charge is 0.278 e. The van der Waals surface area contributed by atoms with Crippen molar-refractivity contribution >= 4 is 27.5 Å². The van der Waals surface area contributed by atoms with E-state index < -0.39 is 21.7 Å². The predicted octanol–water partition coefficient (Wildman–Crippen LogP) is 1.87. The zero-order valence-corrected chi connectivity index (χ0v) is 13.8. The Morgan fingerprint density at radius 3 is 2.71 bits per heavy atom. The molecule has 0 radical (unpaired) electrons. The number of nitrogens with one attached hydrogen (secondary N) is 1. The molecule has 0 spiro atoms. The maximum absolute atomic E-state index is 12.7. The number of aliphatic hydroxyl groups excluding tert-OH is 1. The van der Waals surface area contributed by atoms with Gasteiger partial charge in [0.25, 0.3) is 15.9 Å². The lowest BCUT2D eigenvalue weighted by molar-refractivity contribution is -0.113. The topological polar surface area (TPSA) is 113 Å². The molecule has 9 heteroatoms. The molecule has 0 saturated heterocycles. The van der Waals surface area contributed by atoms with Gasteiger partial charge in [0.2, 0.25) is 0 Å². The van der Waals surface area contributed by atoms with Gasteiger partial charge < -0.3 is 14.9 Å². The number of sulfonamides is 1. The van der Waals surface area contributed by atoms with Crippen LogP contribution < -0.4 is 5.32 Å². The average molecular weight is 349 g/mol. The van der Waals surface area contributed by atoms with Crippen LogP contribution in [0.5, 0.6) is 0 Å². The van der Waals surface area contributed by atoms with Gasteiger partial charge in [-0.25, -0.2) is 8.42 Å². The molecule has 0 unspecified atom stereocenters. The van der Waals surface area contributed by atoms with E-state index in [1.807, 2.05) is 0 Å². The van der Waals surface area contributed by atoms with Crippen molar-refractivity contribution in [3.63, 3.8) is 0 Å². The van der Waals surface area contributed by atoms with Gasteiger partial charge in [-0.2, -0.15) is 0 Å². The number of likely N-dealkylation sites (N-methyl/N-ethyl adjacent to an activating group) is 1. The van der Waals surface area contributed by atoms with Crippen LogP contribution in [0.1, 0.15) is 18.2 Å². The van der Waals surface area contributed by atoms with Crippen molar-refractivity contribution in [2.24, 2.45) is 0 Å². The van der Waals surface area contributed by atoms with Crippen LogP contribution in [-0.2, 0) is 14.8 Å². The highest BCUT2D eigenvalue weighted by atomic mass is 32.2. The number of anilines is 1. The Morgan fingerprint density at radius 1 is 1.38 bits per heavy atom. The Bertz CT molecular complexity index is 946. The quantitative estimate of drug-likeness (QED) is 0.875. The summed E-state index contributed by atoms with van der Waals surface area (Å²) in [6.07, 6.45) is 0. The number of carbonyl (C=O) groups excluding carboxylic acids is 1. The number of rotatable bonds is 3. The standard InChI is InChI=1S/C15H15N3O5S/c1-3-18-13(15(20)16-12-8-9(2)23-17-12)14(19)10-6-4-5-7-11(10)24(18,21)22/h4-8,19H,3H2,1-2H3,(H,16,17,20). The van der Waals surface area contributed by atoms with Crippen LogP contribution in [0.3, 0.4) is 0 Å². The molecule has 1 aliphatic heterocycles. The van der Waals surface area contributed by atoms with Crippen molar-refractivity contribution < 1.29 is 22.8 Å². The van der Waals surface area contributed by atoms with E-state index in [4.69, 9.17) is 4.52 Å². The lowest BCUT2D eigenvalue weighted by Gasteiger charge is -2.30. The van der Waals surface area contributed by atoms with Crippen LogP contribution in [0, 0.1) is 6.92 Å². The maximum Gasteiger partial charge on any atom is 0.278 e. The Balaban J connectivity index is 2.12. The van der Waals surface area contributed by atoms with Crippen LogP contribution in [0.2, 0.25) is 0 Å². The second kappa shape index (κ2) is 5.68. The highest BCUT2D eigenvalue weighted by Crippen LogP contribution is 2.35. The average Bonchev–Trinajstić information content (AvgIpc) is 2.95. The molecule has 1 aromatic carbocycles. The van der Waals surface area contributed by atoms with Crippen LogP contribution in [0.15, 0.2) is 45.4 Å². The molecule has 8 nitrogen and oxygen atoms in total. The molecule has 0 bridgehead atoms. The first-order valence-electron chi connectivity index (χ1n) is 7.16. The second-order valence-electron chi connectivity index (χ2n) is 5.14. The van der Waals surface area contributed by atoms with Crippen LogP contribution in [0.25, 0.3) is 5.76 Å². The lowest BCUT2D eigenvalue weighted by Crippen LogP contribution is -2.39. The Kier molecular flexibility index (Phi) is 3.80. The number of hydrogen-bond acceptors (Lipinski definition) is 6. The fraction of sp³-hybridized carbons (Fsp3) is 0.200. The fourth-order valence-electron chi connectivity index (χ4n) is 2.52. The molecule has 2 aromatic rings. The maximum atomic E-state index is 12.7. The van der Waals surface area contributed by atoms with Crippen LogP contribution in [-0.4, -0.2) is 35.4 Å². The van der Waals surface area contributed by atoms with Gasteiger partial charge in [-0.15, -0.1) is 0 Å². The molecular formula is C15H15N3O5S. The SMILES string of the molecule is CCN1C(C(=O)Nc2cc(C)on2)=C(O)c2ccccc2S1(=O)=O. The van der Waals surface area contributed by atoms with E-state index in [0.29, 0.717) is 5.76 Å². The highest BCUT2D eigenvalue weighted by Gasteiger charge is 2.39. The van der Waals surface area contributed by atoms with Crippen molar-refractivity contribution in [2.45, 2.75) is 18.7 Å². The number of nitrogens with zero attached hydrogens (tertiary/aromatic N) is 2. The minimum absolute atomic E-state index is 0.0126. The Labute approximate surface area is 138 Å². The summed E-state index contributed by atoms with van der Waals surface area (Å²) in [4.78, 5) is 12.5. The van der Waals surface area contributed by atoms with Gasteiger partial charge in [0, 0.05) is 18.2 Å². The third-order valence-corrected chi connectivity index (χ3v) is 5.49. The van der Waals surface area contributed by atoms with Crippen LogP contribution in [0.4, 0.5) is 5.82 Å². The molecule has 0 aliphatic carbocycles. The largest absolute Gasteiger partial charge is 0.505 e. The van der Waals surface area contributed by atoms with Gasteiger partial charge in [0.05, 0.1) is 4.90 Å². The van der Waals surface area contributed by atoms with Crippen molar-refractivity contribution in [2.75, 3.05) is 11.9 Å². The normalized spacial score (nSPS) is 16.0. The number of carbonyl (C=O) groups is 1. The molecule has 24 heavy (non-hydrogen) atoms. The monoisotopic (exact) mass is 349 g/mol. The van der Waals surface area contributed by atoms with Crippen molar-refractivity contribution in [1.29, 1.82) is 0 Å². The first-order valence-corrected chi connectivity index (χ1v) is 8.60. The van der Waals surface area contributed by atoms with Gasteiger partial charge in [-0.3, -0.25) is 9.10 Å². The van der Waals surface area contributed by atoms with Gasteiger partial charge in [0.15, 0.2) is 17.3 Å². The van der Waals surface area contributed by atoms with Gasteiger partial charge in [-0.05, 0) is 26.0 Å². The van der Waals surface area contributed by atoms with Crippen LogP contribution >= 0.6 is 0 Å².